The summed E-state index contributed by atoms with van der Waals surface area (Å²) >= 11 is 0. The van der Waals surface area contributed by atoms with Gasteiger partial charge in [0, 0.05) is 0 Å². The van der Waals surface area contributed by atoms with Crippen molar-refractivity contribution in [3.63, 3.8) is 0 Å². The van der Waals surface area contributed by atoms with Gasteiger partial charge in [-0.25, -0.2) is 4.79 Å². The molecule has 4 nitrogen and oxygen atoms in total. The Morgan fingerprint density at radius 1 is 1.67 bits per heavy atom. The number of rotatable bonds is 3. The van der Waals surface area contributed by atoms with Crippen LogP contribution >= 0.6 is 0 Å². The van der Waals surface area contributed by atoms with Gasteiger partial charge in [-0.2, -0.15) is 0 Å². The molecule has 0 aromatic rings. The molecule has 0 aliphatic carbocycles. The highest BCUT2D eigenvalue weighted by Gasteiger charge is 2.24. The number of ether oxygens (including phenoxy) is 1. The van der Waals surface area contributed by atoms with E-state index in [0.29, 0.717) is 19.7 Å². The topological polar surface area (TPSA) is 49.8 Å². The lowest BCUT2D eigenvalue weighted by Crippen LogP contribution is -2.35. The number of carbonyl (C=O) groups excluding carboxylic acids is 1. The van der Waals surface area contributed by atoms with Crippen molar-refractivity contribution in [3.05, 3.63) is 0 Å². The Labute approximate surface area is 72.1 Å². The summed E-state index contributed by atoms with van der Waals surface area (Å²) in [6, 6.07) is 0. The van der Waals surface area contributed by atoms with Gasteiger partial charge in [0.25, 0.3) is 0 Å². The van der Waals surface area contributed by atoms with Gasteiger partial charge in [-0.05, 0) is 5.92 Å². The van der Waals surface area contributed by atoms with E-state index < -0.39 is 6.10 Å². The number of carbonyl (C=O) groups is 1. The highest BCUT2D eigenvalue weighted by atomic mass is 16.6. The van der Waals surface area contributed by atoms with Crippen molar-refractivity contribution in [3.8, 4) is 0 Å². The molecular weight excluding hydrogens is 158 g/mol. The third-order valence-corrected chi connectivity index (χ3v) is 2.02. The van der Waals surface area contributed by atoms with E-state index in [0.717, 1.165) is 0 Å². The maximum Gasteiger partial charge on any atom is 0.410 e. The lowest BCUT2D eigenvalue weighted by molar-refractivity contribution is 0.0875. The van der Waals surface area contributed by atoms with Crippen LogP contribution in [0.25, 0.3) is 0 Å². The molecule has 70 valence electrons. The minimum absolute atomic E-state index is 0.179. The van der Waals surface area contributed by atoms with Gasteiger partial charge in [-0.1, -0.05) is 13.8 Å². The summed E-state index contributed by atoms with van der Waals surface area (Å²) in [6.07, 6.45) is -0.759. The molecule has 1 heterocycles. The van der Waals surface area contributed by atoms with E-state index in [2.05, 4.69) is 0 Å². The van der Waals surface area contributed by atoms with Crippen LogP contribution in [0.2, 0.25) is 0 Å². The van der Waals surface area contributed by atoms with Crippen LogP contribution in [0.3, 0.4) is 0 Å². The molecule has 1 fully saturated rings. The number of hydrogen-bond acceptors (Lipinski definition) is 3. The van der Waals surface area contributed by atoms with Gasteiger partial charge < -0.3 is 14.7 Å². The van der Waals surface area contributed by atoms with Gasteiger partial charge in [0.15, 0.2) is 0 Å². The zero-order valence-corrected chi connectivity index (χ0v) is 7.49. The fraction of sp³-hybridized carbons (Fsp3) is 0.875. The van der Waals surface area contributed by atoms with Crippen molar-refractivity contribution >= 4 is 6.09 Å². The van der Waals surface area contributed by atoms with Crippen LogP contribution in [-0.2, 0) is 4.74 Å². The number of aliphatic hydroxyl groups is 1. The van der Waals surface area contributed by atoms with E-state index in [4.69, 9.17) is 4.74 Å². The van der Waals surface area contributed by atoms with Crippen molar-refractivity contribution in [2.75, 3.05) is 19.7 Å². The zero-order chi connectivity index (χ0) is 9.14. The van der Waals surface area contributed by atoms with Crippen LogP contribution in [0.5, 0.6) is 0 Å². The zero-order valence-electron chi connectivity index (χ0n) is 7.49. The molecule has 1 rings (SSSR count). The van der Waals surface area contributed by atoms with Gasteiger partial charge in [-0.3, -0.25) is 0 Å². The average molecular weight is 173 g/mol. The predicted octanol–water partition coefficient (Wildman–Crippen LogP) is 0.456. The van der Waals surface area contributed by atoms with E-state index in [9.17, 15) is 9.90 Å². The smallest absolute Gasteiger partial charge is 0.410 e. The SMILES string of the molecule is CC(C)C(O)CN1CCOC1=O. The fourth-order valence-electron chi connectivity index (χ4n) is 1.03. The van der Waals surface area contributed by atoms with Gasteiger partial charge in [0.2, 0.25) is 0 Å². The first kappa shape index (κ1) is 9.32. The summed E-state index contributed by atoms with van der Waals surface area (Å²) in [6.45, 7) is 5.28. The molecule has 12 heavy (non-hydrogen) atoms. The molecule has 1 atom stereocenters. The molecule has 0 aromatic heterocycles. The van der Waals surface area contributed by atoms with E-state index in [1.165, 1.54) is 4.90 Å². The van der Waals surface area contributed by atoms with Crippen molar-refractivity contribution in [2.24, 2.45) is 5.92 Å². The van der Waals surface area contributed by atoms with Crippen molar-refractivity contribution in [2.45, 2.75) is 20.0 Å². The molecule has 1 amide bonds. The Balaban J connectivity index is 2.35. The molecule has 0 radical (unpaired) electrons. The Morgan fingerprint density at radius 2 is 2.33 bits per heavy atom. The Hall–Kier alpha value is -0.770. The molecule has 1 aliphatic rings. The molecule has 1 aliphatic heterocycles. The van der Waals surface area contributed by atoms with Crippen LogP contribution in [0.4, 0.5) is 4.79 Å². The third kappa shape index (κ3) is 2.11. The number of hydrogen-bond donors (Lipinski definition) is 1. The highest BCUT2D eigenvalue weighted by Crippen LogP contribution is 2.08. The lowest BCUT2D eigenvalue weighted by atomic mass is 10.1. The molecule has 4 heteroatoms. The van der Waals surface area contributed by atoms with Gasteiger partial charge in [0.05, 0.1) is 19.2 Å². The second kappa shape index (κ2) is 3.76. The number of nitrogens with zero attached hydrogens (tertiary/aromatic N) is 1. The molecule has 1 saturated heterocycles. The first-order valence-electron chi connectivity index (χ1n) is 4.21. The standard InChI is InChI=1S/C8H15NO3/c1-6(2)7(10)5-9-3-4-12-8(9)11/h6-7,10H,3-5H2,1-2H3. The summed E-state index contributed by atoms with van der Waals surface area (Å²) in [7, 11) is 0. The lowest BCUT2D eigenvalue weighted by Gasteiger charge is -2.19. The van der Waals surface area contributed by atoms with Crippen molar-refractivity contribution in [1.82, 2.24) is 4.90 Å². The molecule has 0 spiro atoms. The van der Waals surface area contributed by atoms with E-state index in [1.54, 1.807) is 0 Å². The number of cyclic esters (lactones) is 1. The molecule has 0 saturated carbocycles. The number of aliphatic hydroxyl groups excluding tert-OH is 1. The molecule has 0 aromatic carbocycles. The van der Waals surface area contributed by atoms with Gasteiger partial charge in [-0.15, -0.1) is 0 Å². The average Bonchev–Trinajstić information content (AvgIpc) is 2.36. The third-order valence-electron chi connectivity index (χ3n) is 2.02. The molecule has 1 unspecified atom stereocenters. The number of β-amino-alcohol motifs (C(OH)–C–C–N with tert-alkyl or cyclic N) is 1. The Morgan fingerprint density at radius 3 is 2.75 bits per heavy atom. The summed E-state index contributed by atoms with van der Waals surface area (Å²) in [5.74, 6) is 0.179. The number of amides is 1. The first-order valence-corrected chi connectivity index (χ1v) is 4.21. The molecular formula is C8H15NO3. The molecule has 1 N–H and O–H groups in total. The van der Waals surface area contributed by atoms with Crippen LogP contribution in [0.15, 0.2) is 0 Å². The minimum atomic E-state index is -0.448. The minimum Gasteiger partial charge on any atom is -0.448 e. The quantitative estimate of drug-likeness (QED) is 0.674. The first-order chi connectivity index (χ1) is 5.61. The summed E-state index contributed by atoms with van der Waals surface area (Å²) < 4.78 is 4.72. The second-order valence-electron chi connectivity index (χ2n) is 3.37. The predicted molar refractivity (Wildman–Crippen MR) is 43.8 cm³/mol. The normalized spacial score (nSPS) is 20.0. The Kier molecular flexibility index (Phi) is 2.92. The van der Waals surface area contributed by atoms with Gasteiger partial charge >= 0.3 is 6.09 Å². The van der Waals surface area contributed by atoms with Crippen LogP contribution in [-0.4, -0.2) is 41.9 Å². The van der Waals surface area contributed by atoms with Crippen LogP contribution in [0.1, 0.15) is 13.8 Å². The monoisotopic (exact) mass is 173 g/mol. The maximum atomic E-state index is 10.9. The second-order valence-corrected chi connectivity index (χ2v) is 3.37. The fourth-order valence-corrected chi connectivity index (χ4v) is 1.03. The molecule has 0 bridgehead atoms. The highest BCUT2D eigenvalue weighted by molar-refractivity contribution is 5.69. The van der Waals surface area contributed by atoms with E-state index in [-0.39, 0.29) is 12.0 Å². The van der Waals surface area contributed by atoms with E-state index in [1.807, 2.05) is 13.8 Å². The summed E-state index contributed by atoms with van der Waals surface area (Å²) in [5, 5.41) is 9.46. The van der Waals surface area contributed by atoms with Crippen LogP contribution < -0.4 is 0 Å². The van der Waals surface area contributed by atoms with E-state index >= 15 is 0 Å². The Bertz CT molecular complexity index is 170. The van der Waals surface area contributed by atoms with Crippen LogP contribution in [0, 0.1) is 5.92 Å². The summed E-state index contributed by atoms with van der Waals surface area (Å²) in [4.78, 5) is 12.5. The maximum absolute atomic E-state index is 10.9. The van der Waals surface area contributed by atoms with Gasteiger partial charge in [0.1, 0.15) is 6.61 Å². The summed E-state index contributed by atoms with van der Waals surface area (Å²) in [5.41, 5.74) is 0. The van der Waals surface area contributed by atoms with Crippen molar-refractivity contribution < 1.29 is 14.6 Å². The van der Waals surface area contributed by atoms with Crippen molar-refractivity contribution in [1.29, 1.82) is 0 Å². The largest absolute Gasteiger partial charge is 0.448 e.